The second-order valence-electron chi connectivity index (χ2n) is 3.08. The van der Waals surface area contributed by atoms with Crippen molar-refractivity contribution in [2.24, 2.45) is 5.73 Å². The normalized spacial score (nSPS) is 10.4. The highest BCUT2D eigenvalue weighted by molar-refractivity contribution is 5.77. The number of nitrogens with one attached hydrogen (secondary N) is 1. The van der Waals surface area contributed by atoms with Crippen LogP contribution in [0.3, 0.4) is 0 Å². The molecule has 3 N–H and O–H groups in total. The highest BCUT2D eigenvalue weighted by Gasteiger charge is 2.03. The Balaban J connectivity index is 2.65. The van der Waals surface area contributed by atoms with E-state index in [0.29, 0.717) is 10.9 Å². The third-order valence-electron chi connectivity index (χ3n) is 1.98. The molecule has 1 amide bonds. The van der Waals surface area contributed by atoms with Crippen molar-refractivity contribution in [3.63, 3.8) is 0 Å². The first-order valence-electron chi connectivity index (χ1n) is 4.34. The molecule has 0 aliphatic rings. The van der Waals surface area contributed by atoms with Gasteiger partial charge in [-0.25, -0.2) is 4.68 Å². The second-order valence-corrected chi connectivity index (χ2v) is 3.08. The summed E-state index contributed by atoms with van der Waals surface area (Å²) in [5.74, 6) is -0.543. The lowest BCUT2D eigenvalue weighted by Crippen LogP contribution is -2.30. The lowest BCUT2D eigenvalue weighted by atomic mass is 10.2. The topological polar surface area (TPSA) is 97.7 Å². The molecule has 0 unspecified atom stereocenters. The largest absolute Gasteiger partial charge is 0.368 e. The van der Waals surface area contributed by atoms with Crippen LogP contribution >= 0.6 is 0 Å². The standard InChI is InChI=1S/C9H9N5O/c10-8(15)5-14-9(11)6-3-1-2-4-7(6)12-13-14/h1-4,11H,5H2,(H2,10,15). The van der Waals surface area contributed by atoms with Crippen molar-refractivity contribution in [2.75, 3.05) is 0 Å². The van der Waals surface area contributed by atoms with E-state index in [4.69, 9.17) is 11.1 Å². The fourth-order valence-electron chi connectivity index (χ4n) is 1.31. The first-order chi connectivity index (χ1) is 7.18. The first-order valence-corrected chi connectivity index (χ1v) is 4.34. The number of benzene rings is 1. The van der Waals surface area contributed by atoms with E-state index in [2.05, 4.69) is 10.3 Å². The van der Waals surface area contributed by atoms with E-state index >= 15 is 0 Å². The summed E-state index contributed by atoms with van der Waals surface area (Å²) >= 11 is 0. The van der Waals surface area contributed by atoms with Crippen molar-refractivity contribution in [1.29, 1.82) is 5.41 Å². The monoisotopic (exact) mass is 203 g/mol. The number of rotatable bonds is 2. The van der Waals surface area contributed by atoms with E-state index in [-0.39, 0.29) is 12.0 Å². The Morgan fingerprint density at radius 1 is 1.47 bits per heavy atom. The van der Waals surface area contributed by atoms with Crippen LogP contribution in [0.1, 0.15) is 0 Å². The Morgan fingerprint density at radius 3 is 2.93 bits per heavy atom. The SMILES string of the molecule is N=c1c2ccccc2nnn1CC(N)=O. The Morgan fingerprint density at radius 2 is 2.20 bits per heavy atom. The van der Waals surface area contributed by atoms with Crippen LogP contribution in [0.2, 0.25) is 0 Å². The molecular formula is C9H9N5O. The Labute approximate surface area is 84.8 Å². The number of amides is 1. The molecule has 0 aliphatic carbocycles. The van der Waals surface area contributed by atoms with Gasteiger partial charge in [-0.15, -0.1) is 5.10 Å². The summed E-state index contributed by atoms with van der Waals surface area (Å²) in [6, 6.07) is 7.13. The van der Waals surface area contributed by atoms with Gasteiger partial charge in [-0.2, -0.15) is 0 Å². The molecule has 0 radical (unpaired) electrons. The third-order valence-corrected chi connectivity index (χ3v) is 1.98. The van der Waals surface area contributed by atoms with Crippen LogP contribution in [0.15, 0.2) is 24.3 Å². The molecule has 6 nitrogen and oxygen atoms in total. The Hall–Kier alpha value is -2.24. The first kappa shape index (κ1) is 9.32. The molecule has 1 heterocycles. The molecule has 0 saturated carbocycles. The van der Waals surface area contributed by atoms with E-state index in [9.17, 15) is 4.79 Å². The van der Waals surface area contributed by atoms with Crippen LogP contribution in [0.5, 0.6) is 0 Å². The van der Waals surface area contributed by atoms with Crippen molar-refractivity contribution < 1.29 is 4.79 Å². The number of fused-ring (bicyclic) bond motifs is 1. The molecule has 0 atom stereocenters. The molecule has 0 saturated heterocycles. The molecular weight excluding hydrogens is 194 g/mol. The minimum atomic E-state index is -0.543. The zero-order valence-corrected chi connectivity index (χ0v) is 7.84. The number of nitrogens with two attached hydrogens (primary N) is 1. The van der Waals surface area contributed by atoms with E-state index in [1.807, 2.05) is 6.07 Å². The maximum Gasteiger partial charge on any atom is 0.239 e. The molecule has 2 rings (SSSR count). The van der Waals surface area contributed by atoms with Crippen molar-refractivity contribution in [3.05, 3.63) is 29.8 Å². The molecule has 76 valence electrons. The summed E-state index contributed by atoms with van der Waals surface area (Å²) < 4.78 is 1.17. The van der Waals surface area contributed by atoms with Gasteiger partial charge in [0.25, 0.3) is 0 Å². The van der Waals surface area contributed by atoms with Crippen molar-refractivity contribution in [2.45, 2.75) is 6.54 Å². The molecule has 2 aromatic rings. The predicted molar refractivity (Wildman–Crippen MR) is 52.6 cm³/mol. The van der Waals surface area contributed by atoms with Gasteiger partial charge in [0.1, 0.15) is 6.54 Å². The minimum absolute atomic E-state index is 0.128. The average Bonchev–Trinajstić information content (AvgIpc) is 2.22. The lowest BCUT2D eigenvalue weighted by molar-refractivity contribution is -0.118. The molecule has 0 fully saturated rings. The average molecular weight is 203 g/mol. The molecule has 0 spiro atoms. The third kappa shape index (κ3) is 1.69. The summed E-state index contributed by atoms with van der Waals surface area (Å²) in [7, 11) is 0. The quantitative estimate of drug-likeness (QED) is 0.681. The van der Waals surface area contributed by atoms with Gasteiger partial charge in [-0.1, -0.05) is 17.3 Å². The van der Waals surface area contributed by atoms with Crippen LogP contribution in [-0.4, -0.2) is 20.9 Å². The van der Waals surface area contributed by atoms with E-state index in [1.54, 1.807) is 18.2 Å². The molecule has 0 aliphatic heterocycles. The highest BCUT2D eigenvalue weighted by atomic mass is 16.1. The summed E-state index contributed by atoms with van der Waals surface area (Å²) in [4.78, 5) is 10.7. The van der Waals surface area contributed by atoms with Crippen molar-refractivity contribution in [1.82, 2.24) is 15.0 Å². The molecule has 15 heavy (non-hydrogen) atoms. The molecule has 1 aromatic heterocycles. The fourth-order valence-corrected chi connectivity index (χ4v) is 1.31. The van der Waals surface area contributed by atoms with E-state index in [1.165, 1.54) is 4.68 Å². The fraction of sp³-hybridized carbons (Fsp3) is 0.111. The van der Waals surface area contributed by atoms with Crippen LogP contribution < -0.4 is 11.2 Å². The number of primary amides is 1. The number of carbonyl (C=O) groups is 1. The number of nitrogens with zero attached hydrogens (tertiary/aromatic N) is 3. The van der Waals surface area contributed by atoms with Gasteiger partial charge in [-0.3, -0.25) is 10.2 Å². The van der Waals surface area contributed by atoms with Gasteiger partial charge in [0, 0.05) is 5.39 Å². The van der Waals surface area contributed by atoms with Gasteiger partial charge >= 0.3 is 0 Å². The summed E-state index contributed by atoms with van der Waals surface area (Å²) in [5.41, 5.74) is 5.79. The van der Waals surface area contributed by atoms with Crippen LogP contribution in [0.25, 0.3) is 10.9 Å². The summed E-state index contributed by atoms with van der Waals surface area (Å²) in [6.45, 7) is -0.128. The zero-order valence-electron chi connectivity index (χ0n) is 7.84. The van der Waals surface area contributed by atoms with Gasteiger partial charge in [-0.05, 0) is 12.1 Å². The van der Waals surface area contributed by atoms with Gasteiger partial charge in [0.05, 0.1) is 5.52 Å². The number of hydrogen-bond donors (Lipinski definition) is 2. The summed E-state index contributed by atoms with van der Waals surface area (Å²) in [5, 5.41) is 16.0. The minimum Gasteiger partial charge on any atom is -0.368 e. The second kappa shape index (κ2) is 3.49. The smallest absolute Gasteiger partial charge is 0.239 e. The zero-order chi connectivity index (χ0) is 10.8. The van der Waals surface area contributed by atoms with Crippen LogP contribution in [0.4, 0.5) is 0 Å². The summed E-state index contributed by atoms with van der Waals surface area (Å²) in [6.07, 6.45) is 0. The lowest BCUT2D eigenvalue weighted by Gasteiger charge is -2.03. The molecule has 6 heteroatoms. The van der Waals surface area contributed by atoms with Crippen LogP contribution in [-0.2, 0) is 11.3 Å². The molecule has 0 bridgehead atoms. The van der Waals surface area contributed by atoms with Gasteiger partial charge in [0.2, 0.25) is 5.91 Å². The maximum absolute atomic E-state index is 10.7. The van der Waals surface area contributed by atoms with Gasteiger partial charge in [0.15, 0.2) is 5.49 Å². The number of hydrogen-bond acceptors (Lipinski definition) is 4. The van der Waals surface area contributed by atoms with Crippen LogP contribution in [0, 0.1) is 5.41 Å². The van der Waals surface area contributed by atoms with Crippen molar-refractivity contribution >= 4 is 16.8 Å². The maximum atomic E-state index is 10.7. The Kier molecular flexibility index (Phi) is 2.17. The highest BCUT2D eigenvalue weighted by Crippen LogP contribution is 2.02. The van der Waals surface area contributed by atoms with Gasteiger partial charge < -0.3 is 5.73 Å². The van der Waals surface area contributed by atoms with E-state index in [0.717, 1.165) is 0 Å². The van der Waals surface area contributed by atoms with E-state index < -0.39 is 5.91 Å². The number of carbonyl (C=O) groups excluding carboxylic acids is 1. The molecule has 1 aromatic carbocycles. The van der Waals surface area contributed by atoms with Crippen molar-refractivity contribution in [3.8, 4) is 0 Å². The Bertz CT molecular complexity index is 574. The number of aromatic nitrogens is 3. The predicted octanol–water partition coefficient (Wildman–Crippen LogP) is -0.604.